The number of hydrogen-bond acceptors (Lipinski definition) is 4. The van der Waals surface area contributed by atoms with Crippen molar-refractivity contribution in [2.24, 2.45) is 0 Å². The van der Waals surface area contributed by atoms with Crippen LogP contribution in [0.1, 0.15) is 37.9 Å². The lowest BCUT2D eigenvalue weighted by atomic mass is 10.0. The van der Waals surface area contributed by atoms with Crippen molar-refractivity contribution >= 4 is 10.9 Å². The number of rotatable bonds is 4. The van der Waals surface area contributed by atoms with Crippen LogP contribution in [0.2, 0.25) is 0 Å². The number of nitrogens with zero attached hydrogens (tertiary/aromatic N) is 3. The molecule has 5 heteroatoms. The molecule has 1 saturated heterocycles. The maximum atomic E-state index is 12.4. The molecule has 1 unspecified atom stereocenters. The Morgan fingerprint density at radius 3 is 3.00 bits per heavy atom. The molecule has 1 atom stereocenters. The van der Waals surface area contributed by atoms with E-state index >= 15 is 0 Å². The van der Waals surface area contributed by atoms with Crippen LogP contribution < -0.4 is 5.56 Å². The van der Waals surface area contributed by atoms with E-state index in [2.05, 4.69) is 39.8 Å². The van der Waals surface area contributed by atoms with E-state index < -0.39 is 0 Å². The maximum Gasteiger partial charge on any atom is 0.257 e. The van der Waals surface area contributed by atoms with Gasteiger partial charge in [-0.25, -0.2) is 0 Å². The zero-order chi connectivity index (χ0) is 16.2. The van der Waals surface area contributed by atoms with Crippen LogP contribution in [0.25, 0.3) is 10.9 Å². The minimum atomic E-state index is -0.0290. The summed E-state index contributed by atoms with van der Waals surface area (Å²) in [6.07, 6.45) is 5.07. The molecule has 5 nitrogen and oxygen atoms in total. The molecule has 23 heavy (non-hydrogen) atoms. The van der Waals surface area contributed by atoms with Crippen molar-refractivity contribution < 1.29 is 0 Å². The van der Waals surface area contributed by atoms with Gasteiger partial charge in [0.15, 0.2) is 0 Å². The van der Waals surface area contributed by atoms with Crippen molar-refractivity contribution in [1.82, 2.24) is 19.8 Å². The van der Waals surface area contributed by atoms with Gasteiger partial charge in [0.25, 0.3) is 5.56 Å². The van der Waals surface area contributed by atoms with E-state index in [1.54, 1.807) is 6.20 Å². The molecule has 2 aromatic heterocycles. The van der Waals surface area contributed by atoms with Crippen molar-refractivity contribution in [3.63, 3.8) is 0 Å². The SMILES string of the molecule is CCCC(c1cc2ncccc2c(=O)[nH]1)N1CCCN(C)CC1. The monoisotopic (exact) mass is 314 g/mol. The molecule has 1 aliphatic rings. The van der Waals surface area contributed by atoms with Crippen molar-refractivity contribution in [3.8, 4) is 0 Å². The third-order valence-electron chi connectivity index (χ3n) is 4.75. The third-order valence-corrected chi connectivity index (χ3v) is 4.75. The smallest absolute Gasteiger partial charge is 0.257 e. The van der Waals surface area contributed by atoms with Crippen LogP contribution in [0.4, 0.5) is 0 Å². The largest absolute Gasteiger partial charge is 0.324 e. The van der Waals surface area contributed by atoms with Crippen molar-refractivity contribution in [1.29, 1.82) is 0 Å². The van der Waals surface area contributed by atoms with Crippen molar-refractivity contribution in [3.05, 3.63) is 40.4 Å². The van der Waals surface area contributed by atoms with Gasteiger partial charge in [-0.3, -0.25) is 14.7 Å². The van der Waals surface area contributed by atoms with Crippen molar-refractivity contribution in [2.45, 2.75) is 32.2 Å². The molecule has 2 aromatic rings. The minimum Gasteiger partial charge on any atom is -0.324 e. The molecule has 124 valence electrons. The summed E-state index contributed by atoms with van der Waals surface area (Å²) in [4.78, 5) is 24.8. The molecule has 3 heterocycles. The Morgan fingerprint density at radius 2 is 2.17 bits per heavy atom. The van der Waals surface area contributed by atoms with E-state index in [0.29, 0.717) is 5.39 Å². The number of hydrogen-bond donors (Lipinski definition) is 1. The van der Waals surface area contributed by atoms with Crippen LogP contribution in [0.5, 0.6) is 0 Å². The standard InChI is InChI=1S/C18H26N4O/c1-3-6-17(22-10-5-9-21(2)11-12-22)16-13-15-14(18(23)20-16)7-4-8-19-15/h4,7-8,13,17H,3,5-6,9-12H2,1-2H3,(H,20,23). The number of H-pyrrole nitrogens is 1. The van der Waals surface area contributed by atoms with E-state index in [1.165, 1.54) is 6.42 Å². The lowest BCUT2D eigenvalue weighted by Gasteiger charge is -2.30. The molecule has 3 rings (SSSR count). The lowest BCUT2D eigenvalue weighted by Crippen LogP contribution is -2.34. The van der Waals surface area contributed by atoms with E-state index in [1.807, 2.05) is 12.1 Å². The zero-order valence-corrected chi connectivity index (χ0v) is 14.1. The summed E-state index contributed by atoms with van der Waals surface area (Å²) >= 11 is 0. The van der Waals surface area contributed by atoms with E-state index in [4.69, 9.17) is 0 Å². The number of nitrogens with one attached hydrogen (secondary N) is 1. The Kier molecular flexibility index (Phi) is 5.08. The summed E-state index contributed by atoms with van der Waals surface area (Å²) in [5, 5.41) is 0.669. The second-order valence-electron chi connectivity index (χ2n) is 6.49. The predicted molar refractivity (Wildman–Crippen MR) is 93.7 cm³/mol. The molecule has 1 aliphatic heterocycles. The van der Waals surface area contributed by atoms with Gasteiger partial charge in [-0.2, -0.15) is 0 Å². The highest BCUT2D eigenvalue weighted by Crippen LogP contribution is 2.26. The van der Waals surface area contributed by atoms with Gasteiger partial charge >= 0.3 is 0 Å². The first-order valence-corrected chi connectivity index (χ1v) is 8.59. The van der Waals surface area contributed by atoms with Crippen LogP contribution in [-0.2, 0) is 0 Å². The number of likely N-dealkylation sites (N-methyl/N-ethyl adjacent to an activating group) is 1. The molecule has 0 amide bonds. The van der Waals surface area contributed by atoms with Gasteiger partial charge in [-0.15, -0.1) is 0 Å². The highest BCUT2D eigenvalue weighted by atomic mass is 16.1. The molecule has 0 bridgehead atoms. The number of aromatic amines is 1. The summed E-state index contributed by atoms with van der Waals surface area (Å²) in [6.45, 7) is 6.55. The Bertz CT molecular complexity index is 711. The van der Waals surface area contributed by atoms with Crippen LogP contribution in [0.15, 0.2) is 29.2 Å². The van der Waals surface area contributed by atoms with Crippen LogP contribution in [0.3, 0.4) is 0 Å². The summed E-state index contributed by atoms with van der Waals surface area (Å²) in [6, 6.07) is 5.98. The number of fused-ring (bicyclic) bond motifs is 1. The molecule has 0 saturated carbocycles. The average Bonchev–Trinajstić information content (AvgIpc) is 2.77. The van der Waals surface area contributed by atoms with Crippen LogP contribution in [0, 0.1) is 0 Å². The first kappa shape index (κ1) is 16.1. The first-order chi connectivity index (χ1) is 11.2. The first-order valence-electron chi connectivity index (χ1n) is 8.59. The third kappa shape index (κ3) is 3.62. The van der Waals surface area contributed by atoms with Gasteiger partial charge in [0.05, 0.1) is 16.9 Å². The second kappa shape index (κ2) is 7.23. The van der Waals surface area contributed by atoms with E-state index in [9.17, 15) is 4.79 Å². The summed E-state index contributed by atoms with van der Waals surface area (Å²) in [5.74, 6) is 0. The number of pyridine rings is 2. The molecule has 0 aromatic carbocycles. The van der Waals surface area contributed by atoms with Crippen molar-refractivity contribution in [2.75, 3.05) is 33.2 Å². The quantitative estimate of drug-likeness (QED) is 0.941. The molecule has 0 radical (unpaired) electrons. The van der Waals surface area contributed by atoms with Gasteiger partial charge < -0.3 is 9.88 Å². The van der Waals surface area contributed by atoms with E-state index in [0.717, 1.165) is 50.2 Å². The number of aromatic nitrogens is 2. The van der Waals surface area contributed by atoms with Gasteiger partial charge in [-0.05, 0) is 44.6 Å². The summed E-state index contributed by atoms with van der Waals surface area (Å²) in [5.41, 5.74) is 1.77. The van der Waals surface area contributed by atoms with Gasteiger partial charge in [-0.1, -0.05) is 13.3 Å². The summed E-state index contributed by atoms with van der Waals surface area (Å²) < 4.78 is 0. The molecule has 1 N–H and O–H groups in total. The normalized spacial score (nSPS) is 18.9. The molecular formula is C18H26N4O. The Morgan fingerprint density at radius 1 is 1.30 bits per heavy atom. The summed E-state index contributed by atoms with van der Waals surface area (Å²) in [7, 11) is 2.18. The van der Waals surface area contributed by atoms with Gasteiger partial charge in [0.2, 0.25) is 0 Å². The molecular weight excluding hydrogens is 288 g/mol. The van der Waals surface area contributed by atoms with Gasteiger partial charge in [0.1, 0.15) is 0 Å². The Balaban J connectivity index is 1.95. The fourth-order valence-corrected chi connectivity index (χ4v) is 3.47. The zero-order valence-electron chi connectivity index (χ0n) is 14.1. The minimum absolute atomic E-state index is 0.0290. The van der Waals surface area contributed by atoms with Crippen LogP contribution in [-0.4, -0.2) is 53.0 Å². The fraction of sp³-hybridized carbons (Fsp3) is 0.556. The lowest BCUT2D eigenvalue weighted by molar-refractivity contribution is 0.189. The predicted octanol–water partition coefficient (Wildman–Crippen LogP) is 2.40. The van der Waals surface area contributed by atoms with E-state index in [-0.39, 0.29) is 11.6 Å². The fourth-order valence-electron chi connectivity index (χ4n) is 3.47. The maximum absolute atomic E-state index is 12.4. The average molecular weight is 314 g/mol. The molecule has 0 spiro atoms. The molecule has 1 fully saturated rings. The Hall–Kier alpha value is -1.72. The topological polar surface area (TPSA) is 52.2 Å². The van der Waals surface area contributed by atoms with Crippen LogP contribution >= 0.6 is 0 Å². The van der Waals surface area contributed by atoms with Gasteiger partial charge in [0, 0.05) is 31.5 Å². The highest BCUT2D eigenvalue weighted by Gasteiger charge is 2.23. The second-order valence-corrected chi connectivity index (χ2v) is 6.49. The Labute approximate surface area is 137 Å². The molecule has 0 aliphatic carbocycles. The highest BCUT2D eigenvalue weighted by molar-refractivity contribution is 5.77.